The molecule has 0 amide bonds. The lowest BCUT2D eigenvalue weighted by molar-refractivity contribution is 0.0494. The molecule has 0 aliphatic rings. The van der Waals surface area contributed by atoms with Crippen molar-refractivity contribution >= 4 is 17.6 Å². The van der Waals surface area contributed by atoms with Gasteiger partial charge in [-0.15, -0.1) is 0 Å². The van der Waals surface area contributed by atoms with Gasteiger partial charge in [0.25, 0.3) is 0 Å². The Bertz CT molecular complexity index is 232. The second kappa shape index (κ2) is 8.59. The first-order valence-corrected chi connectivity index (χ1v) is 10.2. The Morgan fingerprint density at radius 3 is 1.10 bits per heavy atom. The first-order valence-electron chi connectivity index (χ1n) is 6.80. The number of hydrogen-bond acceptors (Lipinski definition) is 6. The van der Waals surface area contributed by atoms with E-state index in [9.17, 15) is 0 Å². The summed E-state index contributed by atoms with van der Waals surface area (Å²) < 4.78 is 33.9. The first-order chi connectivity index (χ1) is 9.49. The Morgan fingerprint density at radius 1 is 0.650 bits per heavy atom. The zero-order valence-electron chi connectivity index (χ0n) is 14.1. The molecular weight excluding hydrogens is 296 g/mol. The second-order valence-electron chi connectivity index (χ2n) is 4.52. The van der Waals surface area contributed by atoms with Crippen molar-refractivity contribution < 1.29 is 26.6 Å². The quantitative estimate of drug-likeness (QED) is 0.543. The fourth-order valence-corrected chi connectivity index (χ4v) is 11.9. The smallest absolute Gasteiger partial charge is 0.377 e. The van der Waals surface area contributed by atoms with Crippen LogP contribution in [0.1, 0.15) is 33.1 Å². The van der Waals surface area contributed by atoms with Crippen LogP contribution < -0.4 is 0 Å². The summed E-state index contributed by atoms with van der Waals surface area (Å²) >= 11 is 0. The Balaban J connectivity index is 6.18. The Labute approximate surface area is 125 Å². The van der Waals surface area contributed by atoms with Crippen LogP contribution in [0, 0.1) is 0 Å². The van der Waals surface area contributed by atoms with Gasteiger partial charge in [0.05, 0.1) is 0 Å². The van der Waals surface area contributed by atoms with Crippen molar-refractivity contribution in [1.29, 1.82) is 0 Å². The predicted molar refractivity (Wildman–Crippen MR) is 81.5 cm³/mol. The zero-order valence-corrected chi connectivity index (χ0v) is 16.1. The molecule has 20 heavy (non-hydrogen) atoms. The Morgan fingerprint density at radius 2 is 0.950 bits per heavy atom. The highest BCUT2D eigenvalue weighted by molar-refractivity contribution is 6.85. The standard InChI is InChI=1S/C12H30O6Si2/c1-9-11-12(10-2,19(13-3,14-4)15-5)20(16-6,17-7)18-8/h9-11H2,1-8H3. The lowest BCUT2D eigenvalue weighted by Crippen LogP contribution is -2.69. The molecule has 0 aromatic rings. The molecule has 0 aliphatic heterocycles. The molecule has 0 heterocycles. The van der Waals surface area contributed by atoms with Crippen molar-refractivity contribution in [3.05, 3.63) is 0 Å². The molecule has 0 N–H and O–H groups in total. The van der Waals surface area contributed by atoms with Gasteiger partial charge in [0.1, 0.15) is 4.66 Å². The van der Waals surface area contributed by atoms with Crippen LogP contribution in [-0.4, -0.2) is 60.3 Å². The van der Waals surface area contributed by atoms with Gasteiger partial charge >= 0.3 is 17.6 Å². The summed E-state index contributed by atoms with van der Waals surface area (Å²) in [5, 5.41) is 0. The highest BCUT2D eigenvalue weighted by Gasteiger charge is 2.74. The van der Waals surface area contributed by atoms with Crippen molar-refractivity contribution in [2.45, 2.75) is 37.8 Å². The maximum atomic E-state index is 5.75. The molecule has 0 saturated carbocycles. The van der Waals surface area contributed by atoms with Gasteiger partial charge in [-0.1, -0.05) is 20.3 Å². The van der Waals surface area contributed by atoms with Gasteiger partial charge in [-0.25, -0.2) is 0 Å². The van der Waals surface area contributed by atoms with Gasteiger partial charge in [0.15, 0.2) is 0 Å². The molecule has 0 spiro atoms. The SMILES string of the molecule is CCCC(CC)([Si](OC)(OC)OC)[Si](OC)(OC)OC. The van der Waals surface area contributed by atoms with E-state index in [0.717, 1.165) is 19.3 Å². The summed E-state index contributed by atoms with van der Waals surface area (Å²) in [7, 11) is 3.60. The van der Waals surface area contributed by atoms with Crippen molar-refractivity contribution in [1.82, 2.24) is 0 Å². The van der Waals surface area contributed by atoms with E-state index in [0.29, 0.717) is 0 Å². The minimum absolute atomic E-state index is 0.536. The van der Waals surface area contributed by atoms with Crippen LogP contribution in [0.25, 0.3) is 0 Å². The van der Waals surface area contributed by atoms with Gasteiger partial charge in [-0.05, 0) is 12.8 Å². The summed E-state index contributed by atoms with van der Waals surface area (Å²) in [4.78, 5) is 0. The molecule has 0 aromatic carbocycles. The molecule has 0 fully saturated rings. The Kier molecular flexibility index (Phi) is 8.67. The van der Waals surface area contributed by atoms with Crippen molar-refractivity contribution in [3.8, 4) is 0 Å². The fourth-order valence-electron chi connectivity index (χ4n) is 3.20. The molecule has 0 aromatic heterocycles. The fraction of sp³-hybridized carbons (Fsp3) is 1.00. The van der Waals surface area contributed by atoms with Crippen LogP contribution in [0.5, 0.6) is 0 Å². The Hall–Kier alpha value is 0.194. The minimum atomic E-state index is -3.03. The topological polar surface area (TPSA) is 55.4 Å². The second-order valence-corrected chi connectivity index (χ2v) is 11.6. The molecule has 0 atom stereocenters. The van der Waals surface area contributed by atoms with E-state index in [4.69, 9.17) is 26.6 Å². The van der Waals surface area contributed by atoms with Gasteiger partial charge in [-0.2, -0.15) is 0 Å². The summed E-state index contributed by atoms with van der Waals surface area (Å²) in [6.45, 7) is 4.16. The summed E-state index contributed by atoms with van der Waals surface area (Å²) in [6.07, 6.45) is 2.43. The van der Waals surface area contributed by atoms with Crippen LogP contribution in [0.4, 0.5) is 0 Å². The molecule has 0 radical (unpaired) electrons. The van der Waals surface area contributed by atoms with Gasteiger partial charge in [-0.3, -0.25) is 0 Å². The molecule has 0 rings (SSSR count). The largest absolute Gasteiger partial charge is 0.511 e. The number of hydrogen-bond donors (Lipinski definition) is 0. The molecule has 0 unspecified atom stereocenters. The highest BCUT2D eigenvalue weighted by atomic mass is 28.5. The van der Waals surface area contributed by atoms with Crippen LogP contribution in [0.2, 0.25) is 4.66 Å². The van der Waals surface area contributed by atoms with Crippen molar-refractivity contribution in [2.24, 2.45) is 0 Å². The van der Waals surface area contributed by atoms with Gasteiger partial charge in [0, 0.05) is 42.7 Å². The van der Waals surface area contributed by atoms with E-state index in [2.05, 4.69) is 13.8 Å². The molecule has 122 valence electrons. The van der Waals surface area contributed by atoms with Crippen LogP contribution in [-0.2, 0) is 26.6 Å². The molecule has 8 heteroatoms. The molecule has 6 nitrogen and oxygen atoms in total. The molecular formula is C12H30O6Si2. The summed E-state index contributed by atoms with van der Waals surface area (Å²) in [5.74, 6) is 0. The number of rotatable bonds is 11. The molecule has 0 aliphatic carbocycles. The van der Waals surface area contributed by atoms with Crippen molar-refractivity contribution in [3.63, 3.8) is 0 Å². The average molecular weight is 327 g/mol. The normalized spacial score (nSPS) is 13.8. The van der Waals surface area contributed by atoms with E-state index < -0.39 is 22.3 Å². The lowest BCUT2D eigenvalue weighted by Gasteiger charge is -2.49. The molecule has 0 saturated heterocycles. The minimum Gasteiger partial charge on any atom is -0.377 e. The third kappa shape index (κ3) is 2.88. The average Bonchev–Trinajstić information content (AvgIpc) is 2.51. The molecule has 0 bridgehead atoms. The third-order valence-electron chi connectivity index (χ3n) is 4.06. The maximum Gasteiger partial charge on any atom is 0.511 e. The zero-order chi connectivity index (χ0) is 15.9. The maximum absolute atomic E-state index is 5.75. The van der Waals surface area contributed by atoms with Crippen LogP contribution in [0.15, 0.2) is 0 Å². The van der Waals surface area contributed by atoms with Gasteiger partial charge < -0.3 is 26.6 Å². The third-order valence-corrected chi connectivity index (χ3v) is 12.7. The van der Waals surface area contributed by atoms with E-state index >= 15 is 0 Å². The lowest BCUT2D eigenvalue weighted by atomic mass is 10.2. The summed E-state index contributed by atoms with van der Waals surface area (Å²) in [6, 6.07) is 0. The monoisotopic (exact) mass is 326 g/mol. The van der Waals surface area contributed by atoms with E-state index in [-0.39, 0.29) is 0 Å². The van der Waals surface area contributed by atoms with Crippen LogP contribution >= 0.6 is 0 Å². The highest BCUT2D eigenvalue weighted by Crippen LogP contribution is 2.54. The van der Waals surface area contributed by atoms with Gasteiger partial charge in [0.2, 0.25) is 0 Å². The van der Waals surface area contributed by atoms with E-state index in [1.807, 2.05) is 0 Å². The summed E-state index contributed by atoms with van der Waals surface area (Å²) in [5.41, 5.74) is 0. The van der Waals surface area contributed by atoms with E-state index in [1.54, 1.807) is 42.7 Å². The van der Waals surface area contributed by atoms with Crippen molar-refractivity contribution in [2.75, 3.05) is 42.7 Å². The predicted octanol–water partition coefficient (Wildman–Crippen LogP) is 2.23. The van der Waals surface area contributed by atoms with E-state index in [1.165, 1.54) is 0 Å². The van der Waals surface area contributed by atoms with Crippen LogP contribution in [0.3, 0.4) is 0 Å². The first kappa shape index (κ1) is 20.2.